The number of methoxy groups -OCH3 is 3. The van der Waals surface area contributed by atoms with Gasteiger partial charge in [-0.1, -0.05) is 0 Å². The Hall–Kier alpha value is -2.80. The van der Waals surface area contributed by atoms with Crippen molar-refractivity contribution in [3.63, 3.8) is 0 Å². The molecule has 2 aromatic rings. The lowest BCUT2D eigenvalue weighted by Gasteiger charge is -2.18. The second kappa shape index (κ2) is 9.78. The molecule has 0 bridgehead atoms. The van der Waals surface area contributed by atoms with E-state index < -0.39 is 5.82 Å². The Bertz CT molecular complexity index is 783. The van der Waals surface area contributed by atoms with Crippen LogP contribution >= 0.6 is 0 Å². The van der Waals surface area contributed by atoms with E-state index in [-0.39, 0.29) is 18.2 Å². The fourth-order valence-corrected chi connectivity index (χ4v) is 2.77. The number of quaternary nitrogens is 1. The third-order valence-corrected chi connectivity index (χ3v) is 4.25. The Labute approximate surface area is 158 Å². The highest BCUT2D eigenvalue weighted by Crippen LogP contribution is 2.29. The summed E-state index contributed by atoms with van der Waals surface area (Å²) in [5.41, 5.74) is 1.44. The molecule has 0 heterocycles. The lowest BCUT2D eigenvalue weighted by molar-refractivity contribution is -0.903. The molecule has 0 aromatic heterocycles. The number of halogens is 1. The van der Waals surface area contributed by atoms with Gasteiger partial charge in [-0.05, 0) is 37.3 Å². The molecule has 1 atom stereocenters. The van der Waals surface area contributed by atoms with Crippen molar-refractivity contribution in [3.05, 3.63) is 47.8 Å². The Morgan fingerprint density at radius 1 is 1.00 bits per heavy atom. The van der Waals surface area contributed by atoms with Crippen LogP contribution in [0.25, 0.3) is 0 Å². The van der Waals surface area contributed by atoms with E-state index in [1.165, 1.54) is 13.2 Å². The highest BCUT2D eigenvalue weighted by Gasteiger charge is 2.15. The maximum Gasteiger partial charge on any atom is 0.279 e. The molecule has 6 nitrogen and oxygen atoms in total. The van der Waals surface area contributed by atoms with E-state index in [1.54, 1.807) is 38.5 Å². The Morgan fingerprint density at radius 2 is 1.67 bits per heavy atom. The van der Waals surface area contributed by atoms with Crippen LogP contribution in [0.1, 0.15) is 12.5 Å². The summed E-state index contributed by atoms with van der Waals surface area (Å²) in [6, 6.07) is 10.1. The predicted octanol–water partition coefficient (Wildman–Crippen LogP) is 1.90. The SMILES string of the molecule is CC[NH+](CC(=O)Nc1ccc(OC)c(OC)c1)Cc1ccc(OC)c(F)c1. The number of anilines is 1. The minimum atomic E-state index is -0.403. The zero-order valence-electron chi connectivity index (χ0n) is 16.1. The second-order valence-electron chi connectivity index (χ2n) is 6.04. The first kappa shape index (κ1) is 20.5. The van der Waals surface area contributed by atoms with Crippen molar-refractivity contribution in [2.45, 2.75) is 13.5 Å². The zero-order valence-corrected chi connectivity index (χ0v) is 16.1. The van der Waals surface area contributed by atoms with Gasteiger partial charge in [0.1, 0.15) is 6.54 Å². The van der Waals surface area contributed by atoms with Crippen LogP contribution in [0.3, 0.4) is 0 Å². The van der Waals surface area contributed by atoms with E-state index in [4.69, 9.17) is 14.2 Å². The van der Waals surface area contributed by atoms with Crippen molar-refractivity contribution in [2.24, 2.45) is 0 Å². The number of carbonyl (C=O) groups is 1. The summed E-state index contributed by atoms with van der Waals surface area (Å²) in [5, 5.41) is 2.86. The van der Waals surface area contributed by atoms with Gasteiger partial charge in [0.25, 0.3) is 5.91 Å². The highest BCUT2D eigenvalue weighted by atomic mass is 19.1. The Balaban J connectivity index is 1.99. The van der Waals surface area contributed by atoms with E-state index in [0.717, 1.165) is 17.0 Å². The maximum absolute atomic E-state index is 13.9. The van der Waals surface area contributed by atoms with Gasteiger partial charge in [0, 0.05) is 17.3 Å². The molecular weight excluding hydrogens is 351 g/mol. The Morgan fingerprint density at radius 3 is 2.26 bits per heavy atom. The van der Waals surface area contributed by atoms with Gasteiger partial charge < -0.3 is 24.4 Å². The summed E-state index contributed by atoms with van der Waals surface area (Å²) in [7, 11) is 4.53. The highest BCUT2D eigenvalue weighted by molar-refractivity contribution is 5.91. The molecule has 0 radical (unpaired) electrons. The molecule has 27 heavy (non-hydrogen) atoms. The van der Waals surface area contributed by atoms with Crippen molar-refractivity contribution in [1.82, 2.24) is 0 Å². The number of likely N-dealkylation sites (N-methyl/N-ethyl adjacent to an activating group) is 1. The number of rotatable bonds is 9. The van der Waals surface area contributed by atoms with Crippen LogP contribution in [-0.2, 0) is 11.3 Å². The monoisotopic (exact) mass is 377 g/mol. The smallest absolute Gasteiger partial charge is 0.279 e. The van der Waals surface area contributed by atoms with E-state index in [0.29, 0.717) is 23.7 Å². The van der Waals surface area contributed by atoms with Crippen LogP contribution in [0, 0.1) is 5.82 Å². The number of amides is 1. The second-order valence-corrected chi connectivity index (χ2v) is 6.04. The van der Waals surface area contributed by atoms with Crippen molar-refractivity contribution >= 4 is 11.6 Å². The average molecular weight is 377 g/mol. The number of benzene rings is 2. The molecule has 1 amide bonds. The molecule has 2 aromatic carbocycles. The molecule has 0 fully saturated rings. The molecular formula is C20H26FN2O4+. The Kier molecular flexibility index (Phi) is 7.43. The quantitative estimate of drug-likeness (QED) is 0.701. The molecule has 1 unspecified atom stereocenters. The number of nitrogens with one attached hydrogen (secondary N) is 2. The van der Waals surface area contributed by atoms with Gasteiger partial charge in [-0.2, -0.15) is 0 Å². The molecule has 2 rings (SSSR count). The van der Waals surface area contributed by atoms with E-state index >= 15 is 0 Å². The van der Waals surface area contributed by atoms with E-state index in [1.807, 2.05) is 13.0 Å². The lowest BCUT2D eigenvalue weighted by atomic mass is 10.2. The van der Waals surface area contributed by atoms with Crippen molar-refractivity contribution in [3.8, 4) is 17.2 Å². The van der Waals surface area contributed by atoms with E-state index in [9.17, 15) is 9.18 Å². The number of hydrogen-bond donors (Lipinski definition) is 2. The van der Waals surface area contributed by atoms with Crippen molar-refractivity contribution < 1.29 is 28.3 Å². The first-order valence-corrected chi connectivity index (χ1v) is 8.68. The average Bonchev–Trinajstić information content (AvgIpc) is 2.67. The third-order valence-electron chi connectivity index (χ3n) is 4.25. The molecule has 0 aliphatic heterocycles. The summed E-state index contributed by atoms with van der Waals surface area (Å²) in [4.78, 5) is 13.4. The number of hydrogen-bond acceptors (Lipinski definition) is 4. The van der Waals surface area contributed by atoms with Gasteiger partial charge in [0.05, 0.1) is 27.9 Å². The number of carbonyl (C=O) groups excluding carboxylic acids is 1. The van der Waals surface area contributed by atoms with Crippen molar-refractivity contribution in [1.29, 1.82) is 0 Å². The van der Waals surface area contributed by atoms with Gasteiger partial charge >= 0.3 is 0 Å². The summed E-state index contributed by atoms with van der Waals surface area (Å²) in [5.74, 6) is 0.817. The first-order chi connectivity index (χ1) is 13.0. The minimum Gasteiger partial charge on any atom is -0.494 e. The van der Waals surface area contributed by atoms with Crippen LogP contribution in [0.2, 0.25) is 0 Å². The third kappa shape index (κ3) is 5.59. The van der Waals surface area contributed by atoms with Crippen LogP contribution in [0.15, 0.2) is 36.4 Å². The predicted molar refractivity (Wildman–Crippen MR) is 101 cm³/mol. The molecule has 2 N–H and O–H groups in total. The van der Waals surface area contributed by atoms with Crippen molar-refractivity contribution in [2.75, 3.05) is 39.7 Å². The normalized spacial score (nSPS) is 11.6. The van der Waals surface area contributed by atoms with E-state index in [2.05, 4.69) is 5.32 Å². The maximum atomic E-state index is 13.9. The molecule has 0 spiro atoms. The fraction of sp³-hybridized carbons (Fsp3) is 0.350. The van der Waals surface area contributed by atoms with Gasteiger partial charge in [-0.25, -0.2) is 4.39 Å². The molecule has 0 saturated heterocycles. The molecule has 0 aliphatic rings. The summed E-state index contributed by atoms with van der Waals surface area (Å²) in [6.07, 6.45) is 0. The topological polar surface area (TPSA) is 61.2 Å². The molecule has 7 heteroatoms. The van der Waals surface area contributed by atoms with Gasteiger partial charge in [0.15, 0.2) is 29.6 Å². The standard InChI is InChI=1S/C20H25FN2O4/c1-5-23(12-14-6-8-17(25-2)16(21)10-14)13-20(24)22-15-7-9-18(26-3)19(11-15)27-4/h6-11H,5,12-13H2,1-4H3,(H,22,24)/p+1. The van der Waals surface area contributed by atoms with Crippen LogP contribution < -0.4 is 24.4 Å². The molecule has 0 aliphatic carbocycles. The number of ether oxygens (including phenoxy) is 3. The van der Waals surface area contributed by atoms with Gasteiger partial charge in [0.2, 0.25) is 0 Å². The zero-order chi connectivity index (χ0) is 19.8. The summed E-state index contributed by atoms with van der Waals surface area (Å²) in [6.45, 7) is 3.52. The summed E-state index contributed by atoms with van der Waals surface area (Å²) < 4.78 is 29.2. The summed E-state index contributed by atoms with van der Waals surface area (Å²) >= 11 is 0. The fourth-order valence-electron chi connectivity index (χ4n) is 2.77. The van der Waals surface area contributed by atoms with Crippen LogP contribution in [0.5, 0.6) is 17.2 Å². The van der Waals surface area contributed by atoms with Crippen LogP contribution in [-0.4, -0.2) is 40.3 Å². The first-order valence-electron chi connectivity index (χ1n) is 8.68. The largest absolute Gasteiger partial charge is 0.494 e. The van der Waals surface area contributed by atoms with Gasteiger partial charge in [-0.15, -0.1) is 0 Å². The van der Waals surface area contributed by atoms with Gasteiger partial charge in [-0.3, -0.25) is 4.79 Å². The molecule has 0 saturated carbocycles. The lowest BCUT2D eigenvalue weighted by Crippen LogP contribution is -3.11. The van der Waals surface area contributed by atoms with Crippen LogP contribution in [0.4, 0.5) is 10.1 Å². The minimum absolute atomic E-state index is 0.131. The molecule has 146 valence electrons.